The predicted molar refractivity (Wildman–Crippen MR) is 136 cm³/mol. The number of nitro benzene ring substituents is 1. The molecule has 3 aromatic carbocycles. The summed E-state index contributed by atoms with van der Waals surface area (Å²) in [6.07, 6.45) is 5.73. The second-order valence-corrected chi connectivity index (χ2v) is 8.97. The average Bonchev–Trinajstić information content (AvgIpc) is 2.89. The maximum atomic E-state index is 13.0. The average molecular weight is 474 g/mol. The van der Waals surface area contributed by atoms with Gasteiger partial charge in [0, 0.05) is 43.4 Å². The van der Waals surface area contributed by atoms with Crippen LogP contribution < -0.4 is 10.1 Å². The first-order valence-electron chi connectivity index (χ1n) is 12.1. The Balaban J connectivity index is 1.40. The van der Waals surface area contributed by atoms with E-state index in [9.17, 15) is 14.9 Å². The molecule has 0 heterocycles. The number of para-hydroxylation sites is 1. The van der Waals surface area contributed by atoms with E-state index in [1.807, 2.05) is 66.5 Å². The van der Waals surface area contributed by atoms with E-state index >= 15 is 0 Å². The summed E-state index contributed by atoms with van der Waals surface area (Å²) in [5.74, 6) is 1.25. The molecule has 0 bridgehead atoms. The van der Waals surface area contributed by atoms with Crippen molar-refractivity contribution in [2.24, 2.45) is 0 Å². The Hall–Kier alpha value is -3.71. The molecular formula is C28H31N3O4. The van der Waals surface area contributed by atoms with Crippen LogP contribution in [0.3, 0.4) is 0 Å². The Kier molecular flexibility index (Phi) is 8.11. The lowest BCUT2D eigenvalue weighted by Crippen LogP contribution is -2.38. The minimum Gasteiger partial charge on any atom is -0.457 e. The number of carbonyl (C=O) groups excluding carboxylic acids is 1. The predicted octanol–water partition coefficient (Wildman–Crippen LogP) is 6.08. The second kappa shape index (κ2) is 11.6. The first-order chi connectivity index (χ1) is 17.0. The molecule has 1 saturated carbocycles. The lowest BCUT2D eigenvalue weighted by molar-refractivity contribution is -0.385. The van der Waals surface area contributed by atoms with Crippen LogP contribution in [0, 0.1) is 10.1 Å². The topological polar surface area (TPSA) is 84.7 Å². The Bertz CT molecular complexity index is 1160. The number of rotatable bonds is 9. The molecular weight excluding hydrogens is 442 g/mol. The zero-order valence-electron chi connectivity index (χ0n) is 20.0. The molecule has 0 aliphatic heterocycles. The number of hydrogen-bond acceptors (Lipinski definition) is 5. The summed E-state index contributed by atoms with van der Waals surface area (Å²) in [6, 6.07) is 22.0. The van der Waals surface area contributed by atoms with Gasteiger partial charge < -0.3 is 15.0 Å². The first-order valence-corrected chi connectivity index (χ1v) is 12.1. The number of nitrogens with zero attached hydrogens (tertiary/aromatic N) is 2. The number of hydrogen-bond donors (Lipinski definition) is 1. The molecule has 4 rings (SSSR count). The van der Waals surface area contributed by atoms with Crippen LogP contribution in [-0.2, 0) is 13.1 Å². The normalized spacial score (nSPS) is 13.9. The zero-order chi connectivity index (χ0) is 24.6. The molecule has 0 aromatic heterocycles. The molecule has 0 saturated heterocycles. The van der Waals surface area contributed by atoms with Crippen LogP contribution in [-0.4, -0.2) is 28.8 Å². The number of nitro groups is 1. The van der Waals surface area contributed by atoms with Crippen molar-refractivity contribution in [1.29, 1.82) is 0 Å². The van der Waals surface area contributed by atoms with E-state index in [0.717, 1.165) is 18.4 Å². The van der Waals surface area contributed by atoms with Gasteiger partial charge >= 0.3 is 0 Å². The summed E-state index contributed by atoms with van der Waals surface area (Å²) >= 11 is 0. The van der Waals surface area contributed by atoms with Crippen LogP contribution in [0.25, 0.3) is 0 Å². The van der Waals surface area contributed by atoms with Gasteiger partial charge in [0.05, 0.1) is 4.92 Å². The molecule has 0 unspecified atom stereocenters. The minimum absolute atomic E-state index is 0.0379. The van der Waals surface area contributed by atoms with E-state index in [2.05, 4.69) is 5.32 Å². The Morgan fingerprint density at radius 3 is 2.49 bits per heavy atom. The maximum Gasteiger partial charge on any atom is 0.274 e. The van der Waals surface area contributed by atoms with Gasteiger partial charge in [-0.2, -0.15) is 0 Å². The molecule has 0 radical (unpaired) electrons. The van der Waals surface area contributed by atoms with Gasteiger partial charge in [-0.05, 0) is 54.8 Å². The molecule has 1 fully saturated rings. The van der Waals surface area contributed by atoms with E-state index in [1.165, 1.54) is 25.3 Å². The van der Waals surface area contributed by atoms with Crippen LogP contribution in [0.1, 0.15) is 53.6 Å². The van der Waals surface area contributed by atoms with Crippen LogP contribution in [0.4, 0.5) is 5.69 Å². The second-order valence-electron chi connectivity index (χ2n) is 8.97. The first kappa shape index (κ1) is 24.4. The SMILES string of the molecule is CN(C(=O)c1cccc(CNCc2cc(Oc3ccccc3)ccc2[N+](=O)[O-])c1)C1CCCCC1. The van der Waals surface area contributed by atoms with Crippen molar-refractivity contribution in [3.8, 4) is 11.5 Å². The highest BCUT2D eigenvalue weighted by Crippen LogP contribution is 2.28. The summed E-state index contributed by atoms with van der Waals surface area (Å²) in [7, 11) is 1.90. The maximum absolute atomic E-state index is 13.0. The summed E-state index contributed by atoms with van der Waals surface area (Å²) in [6.45, 7) is 0.775. The summed E-state index contributed by atoms with van der Waals surface area (Å²) in [5.41, 5.74) is 2.19. The van der Waals surface area contributed by atoms with Gasteiger partial charge in [-0.15, -0.1) is 0 Å². The Morgan fingerprint density at radius 2 is 1.74 bits per heavy atom. The van der Waals surface area contributed by atoms with Gasteiger partial charge in [0.2, 0.25) is 0 Å². The standard InChI is InChI=1S/C28H31N3O4/c1-30(24-11-4-2-5-12-24)28(32)22-10-8-9-21(17-22)19-29-20-23-18-26(15-16-27(23)31(33)34)35-25-13-6-3-7-14-25/h3,6-10,13-18,24,29H,2,4-5,11-12,19-20H2,1H3. The molecule has 1 aliphatic carbocycles. The molecule has 1 amide bonds. The van der Waals surface area contributed by atoms with Gasteiger partial charge in [0.15, 0.2) is 0 Å². The Labute approximate surface area is 205 Å². The van der Waals surface area contributed by atoms with Crippen LogP contribution in [0.15, 0.2) is 72.8 Å². The van der Waals surface area contributed by atoms with Gasteiger partial charge in [-0.1, -0.05) is 49.6 Å². The quantitative estimate of drug-likeness (QED) is 0.301. The highest BCUT2D eigenvalue weighted by atomic mass is 16.6. The summed E-state index contributed by atoms with van der Waals surface area (Å²) in [4.78, 5) is 26.0. The molecule has 35 heavy (non-hydrogen) atoms. The third kappa shape index (κ3) is 6.45. The number of benzene rings is 3. The van der Waals surface area contributed by atoms with Gasteiger partial charge in [-0.3, -0.25) is 14.9 Å². The lowest BCUT2D eigenvalue weighted by atomic mass is 9.94. The summed E-state index contributed by atoms with van der Waals surface area (Å²) < 4.78 is 5.84. The van der Waals surface area contributed by atoms with Crippen molar-refractivity contribution in [2.45, 2.75) is 51.2 Å². The third-order valence-electron chi connectivity index (χ3n) is 6.49. The third-order valence-corrected chi connectivity index (χ3v) is 6.49. The number of amides is 1. The molecule has 1 aliphatic rings. The largest absolute Gasteiger partial charge is 0.457 e. The molecule has 0 atom stereocenters. The van der Waals surface area contributed by atoms with Crippen LogP contribution in [0.5, 0.6) is 11.5 Å². The molecule has 3 aromatic rings. The van der Waals surface area contributed by atoms with Gasteiger partial charge in [0.1, 0.15) is 11.5 Å². The van der Waals surface area contributed by atoms with E-state index in [-0.39, 0.29) is 16.5 Å². The molecule has 1 N–H and O–H groups in total. The van der Waals surface area contributed by atoms with Crippen molar-refractivity contribution in [2.75, 3.05) is 7.05 Å². The molecule has 182 valence electrons. The number of carbonyl (C=O) groups is 1. The zero-order valence-corrected chi connectivity index (χ0v) is 20.0. The smallest absolute Gasteiger partial charge is 0.274 e. The monoisotopic (exact) mass is 473 g/mol. The Morgan fingerprint density at radius 1 is 0.971 bits per heavy atom. The van der Waals surface area contributed by atoms with E-state index < -0.39 is 0 Å². The highest BCUT2D eigenvalue weighted by Gasteiger charge is 2.23. The lowest BCUT2D eigenvalue weighted by Gasteiger charge is -2.31. The molecule has 7 heteroatoms. The number of nitrogens with one attached hydrogen (secondary N) is 1. The van der Waals surface area contributed by atoms with Crippen molar-refractivity contribution in [3.63, 3.8) is 0 Å². The van der Waals surface area contributed by atoms with Gasteiger partial charge in [-0.25, -0.2) is 0 Å². The van der Waals surface area contributed by atoms with Crippen molar-refractivity contribution in [3.05, 3.63) is 99.6 Å². The van der Waals surface area contributed by atoms with Crippen molar-refractivity contribution in [1.82, 2.24) is 10.2 Å². The highest BCUT2D eigenvalue weighted by molar-refractivity contribution is 5.94. The van der Waals surface area contributed by atoms with Crippen LogP contribution >= 0.6 is 0 Å². The minimum atomic E-state index is -0.385. The van der Waals surface area contributed by atoms with Crippen LogP contribution in [0.2, 0.25) is 0 Å². The summed E-state index contributed by atoms with van der Waals surface area (Å²) in [5, 5.41) is 14.8. The fourth-order valence-corrected chi connectivity index (χ4v) is 4.56. The fourth-order valence-electron chi connectivity index (χ4n) is 4.56. The van der Waals surface area contributed by atoms with E-state index in [0.29, 0.717) is 41.8 Å². The van der Waals surface area contributed by atoms with E-state index in [1.54, 1.807) is 12.1 Å². The van der Waals surface area contributed by atoms with E-state index in [4.69, 9.17) is 4.74 Å². The van der Waals surface area contributed by atoms with Gasteiger partial charge in [0.25, 0.3) is 11.6 Å². The number of ether oxygens (including phenoxy) is 1. The molecule has 7 nitrogen and oxygen atoms in total. The molecule has 0 spiro atoms. The van der Waals surface area contributed by atoms with Crippen molar-refractivity contribution >= 4 is 11.6 Å². The fraction of sp³-hybridized carbons (Fsp3) is 0.321. The van der Waals surface area contributed by atoms with Crippen molar-refractivity contribution < 1.29 is 14.5 Å².